The Bertz CT molecular complexity index is 915. The zero-order chi connectivity index (χ0) is 19.2. The molecule has 3 rings (SSSR count). The topological polar surface area (TPSA) is 58.6 Å². The van der Waals surface area contributed by atoms with Gasteiger partial charge in [-0.25, -0.2) is 4.79 Å². The molecule has 2 N–H and O–H groups in total. The second-order valence-electron chi connectivity index (χ2n) is 6.61. The van der Waals surface area contributed by atoms with Gasteiger partial charge >= 0.3 is 5.97 Å². The largest absolute Gasteiger partial charge is 0.489 e. The van der Waals surface area contributed by atoms with Crippen LogP contribution in [0.15, 0.2) is 66.7 Å². The van der Waals surface area contributed by atoms with Crippen molar-refractivity contribution >= 4 is 11.7 Å². The lowest BCUT2D eigenvalue weighted by Gasteiger charge is -2.11. The van der Waals surface area contributed by atoms with E-state index in [1.54, 1.807) is 18.2 Å². The molecular formula is C23H23NO3. The van der Waals surface area contributed by atoms with Crippen LogP contribution in [-0.4, -0.2) is 11.1 Å². The van der Waals surface area contributed by atoms with Crippen LogP contribution in [0.5, 0.6) is 5.75 Å². The van der Waals surface area contributed by atoms with Gasteiger partial charge < -0.3 is 15.2 Å². The van der Waals surface area contributed by atoms with Crippen LogP contribution in [0.3, 0.4) is 0 Å². The average molecular weight is 361 g/mol. The van der Waals surface area contributed by atoms with E-state index in [2.05, 4.69) is 36.5 Å². The maximum absolute atomic E-state index is 11.0. The minimum atomic E-state index is -0.911. The van der Waals surface area contributed by atoms with E-state index >= 15 is 0 Å². The van der Waals surface area contributed by atoms with Crippen LogP contribution in [-0.2, 0) is 13.2 Å². The third-order valence-electron chi connectivity index (χ3n) is 4.41. The first-order chi connectivity index (χ1) is 13.0. The second kappa shape index (κ2) is 8.41. The molecule has 0 bridgehead atoms. The number of rotatable bonds is 7. The highest BCUT2D eigenvalue weighted by atomic mass is 16.5. The van der Waals surface area contributed by atoms with Crippen molar-refractivity contribution in [1.29, 1.82) is 0 Å². The lowest BCUT2D eigenvalue weighted by atomic mass is 10.1. The lowest BCUT2D eigenvalue weighted by molar-refractivity contribution is 0.0697. The Labute approximate surface area is 159 Å². The van der Waals surface area contributed by atoms with Gasteiger partial charge in [-0.05, 0) is 60.9 Å². The van der Waals surface area contributed by atoms with Crippen molar-refractivity contribution in [3.8, 4) is 5.75 Å². The van der Waals surface area contributed by atoms with Crippen molar-refractivity contribution in [1.82, 2.24) is 0 Å². The Hall–Kier alpha value is -3.27. The molecule has 3 aromatic rings. The number of aromatic carboxylic acids is 1. The monoisotopic (exact) mass is 361 g/mol. The molecule has 0 aliphatic rings. The molecule has 0 radical (unpaired) electrons. The minimum Gasteiger partial charge on any atom is -0.489 e. The number of aryl methyl sites for hydroxylation is 2. The highest BCUT2D eigenvalue weighted by Crippen LogP contribution is 2.19. The first kappa shape index (κ1) is 18.5. The maximum atomic E-state index is 11.0. The summed E-state index contributed by atoms with van der Waals surface area (Å²) in [6.07, 6.45) is 0. The number of carbonyl (C=O) groups is 1. The molecule has 0 heterocycles. The van der Waals surface area contributed by atoms with Crippen LogP contribution < -0.4 is 10.1 Å². The Morgan fingerprint density at radius 3 is 2.22 bits per heavy atom. The molecule has 0 aliphatic carbocycles. The quantitative estimate of drug-likeness (QED) is 0.608. The molecule has 0 fully saturated rings. The van der Waals surface area contributed by atoms with Crippen molar-refractivity contribution in [3.63, 3.8) is 0 Å². The summed E-state index contributed by atoms with van der Waals surface area (Å²) in [4.78, 5) is 11.0. The first-order valence-corrected chi connectivity index (χ1v) is 8.86. The molecule has 0 spiro atoms. The van der Waals surface area contributed by atoms with Gasteiger partial charge in [0.15, 0.2) is 0 Å². The van der Waals surface area contributed by atoms with Crippen molar-refractivity contribution in [2.45, 2.75) is 27.0 Å². The zero-order valence-electron chi connectivity index (χ0n) is 15.5. The van der Waals surface area contributed by atoms with Crippen molar-refractivity contribution in [2.75, 3.05) is 5.32 Å². The maximum Gasteiger partial charge on any atom is 0.335 e. The summed E-state index contributed by atoms with van der Waals surface area (Å²) < 4.78 is 5.83. The van der Waals surface area contributed by atoms with Gasteiger partial charge in [-0.2, -0.15) is 0 Å². The molecule has 138 valence electrons. The van der Waals surface area contributed by atoms with Gasteiger partial charge in [0.05, 0.1) is 5.56 Å². The molecule has 0 aromatic heterocycles. The second-order valence-corrected chi connectivity index (χ2v) is 6.61. The summed E-state index contributed by atoms with van der Waals surface area (Å²) in [6, 6.07) is 21.4. The Morgan fingerprint density at radius 1 is 0.926 bits per heavy atom. The SMILES string of the molecule is Cc1ccc(COc2ccc(CNc3ccc(C(=O)O)cc3C)cc2)cc1. The van der Waals surface area contributed by atoms with Gasteiger partial charge in [-0.1, -0.05) is 42.0 Å². The van der Waals surface area contributed by atoms with E-state index in [0.29, 0.717) is 18.7 Å². The van der Waals surface area contributed by atoms with E-state index in [1.165, 1.54) is 5.56 Å². The zero-order valence-corrected chi connectivity index (χ0v) is 15.5. The van der Waals surface area contributed by atoms with Gasteiger partial charge in [0.2, 0.25) is 0 Å². The molecule has 0 saturated carbocycles. The summed E-state index contributed by atoms with van der Waals surface area (Å²) in [5, 5.41) is 12.4. The molecule has 0 amide bonds. The Morgan fingerprint density at radius 2 is 1.59 bits per heavy atom. The summed E-state index contributed by atoms with van der Waals surface area (Å²) in [6.45, 7) is 5.18. The molecular weight excluding hydrogens is 338 g/mol. The van der Waals surface area contributed by atoms with Gasteiger partial charge in [0.1, 0.15) is 12.4 Å². The van der Waals surface area contributed by atoms with E-state index in [1.807, 2.05) is 31.2 Å². The number of hydrogen-bond acceptors (Lipinski definition) is 3. The molecule has 0 aliphatic heterocycles. The molecule has 4 nitrogen and oxygen atoms in total. The fourth-order valence-corrected chi connectivity index (χ4v) is 2.75. The van der Waals surface area contributed by atoms with Crippen LogP contribution in [0.2, 0.25) is 0 Å². The van der Waals surface area contributed by atoms with E-state index in [9.17, 15) is 4.79 Å². The van der Waals surface area contributed by atoms with Gasteiger partial charge in [0.25, 0.3) is 0 Å². The summed E-state index contributed by atoms with van der Waals surface area (Å²) >= 11 is 0. The number of anilines is 1. The normalized spacial score (nSPS) is 10.4. The average Bonchev–Trinajstić information content (AvgIpc) is 2.67. The van der Waals surface area contributed by atoms with Crippen LogP contribution in [0.1, 0.15) is 32.6 Å². The fourth-order valence-electron chi connectivity index (χ4n) is 2.75. The van der Waals surface area contributed by atoms with Crippen LogP contribution >= 0.6 is 0 Å². The fraction of sp³-hybridized carbons (Fsp3) is 0.174. The van der Waals surface area contributed by atoms with Crippen molar-refractivity contribution in [2.24, 2.45) is 0 Å². The Kier molecular flexibility index (Phi) is 5.77. The molecule has 3 aromatic carbocycles. The molecule has 0 atom stereocenters. The number of carboxylic acid groups (broad SMARTS) is 1. The number of hydrogen-bond donors (Lipinski definition) is 2. The van der Waals surface area contributed by atoms with E-state index < -0.39 is 5.97 Å². The molecule has 27 heavy (non-hydrogen) atoms. The van der Waals surface area contributed by atoms with Gasteiger partial charge in [-0.3, -0.25) is 0 Å². The summed E-state index contributed by atoms with van der Waals surface area (Å²) in [5.41, 5.74) is 5.65. The van der Waals surface area contributed by atoms with E-state index in [0.717, 1.165) is 28.1 Å². The highest BCUT2D eigenvalue weighted by molar-refractivity contribution is 5.88. The Balaban J connectivity index is 1.54. The van der Waals surface area contributed by atoms with Crippen LogP contribution in [0, 0.1) is 13.8 Å². The number of benzene rings is 3. The highest BCUT2D eigenvalue weighted by Gasteiger charge is 2.05. The standard InChI is InChI=1S/C23H23NO3/c1-16-3-5-19(6-4-16)15-27-21-10-7-18(8-11-21)14-24-22-12-9-20(23(25)26)13-17(22)2/h3-13,24H,14-15H2,1-2H3,(H,25,26). The van der Waals surface area contributed by atoms with Crippen molar-refractivity contribution < 1.29 is 14.6 Å². The molecule has 4 heteroatoms. The van der Waals surface area contributed by atoms with E-state index in [4.69, 9.17) is 9.84 Å². The third-order valence-corrected chi connectivity index (χ3v) is 4.41. The number of carboxylic acids is 1. The van der Waals surface area contributed by atoms with Gasteiger partial charge in [-0.15, -0.1) is 0 Å². The van der Waals surface area contributed by atoms with Crippen LogP contribution in [0.25, 0.3) is 0 Å². The predicted octanol–water partition coefficient (Wildman–Crippen LogP) is 5.19. The van der Waals surface area contributed by atoms with Crippen LogP contribution in [0.4, 0.5) is 5.69 Å². The van der Waals surface area contributed by atoms with Crippen molar-refractivity contribution in [3.05, 3.63) is 94.5 Å². The van der Waals surface area contributed by atoms with E-state index in [-0.39, 0.29) is 0 Å². The predicted molar refractivity (Wildman–Crippen MR) is 107 cm³/mol. The van der Waals surface area contributed by atoms with Gasteiger partial charge in [0, 0.05) is 12.2 Å². The first-order valence-electron chi connectivity index (χ1n) is 8.86. The number of nitrogens with one attached hydrogen (secondary N) is 1. The molecule has 0 saturated heterocycles. The summed E-state index contributed by atoms with van der Waals surface area (Å²) in [5.74, 6) is -0.0767. The molecule has 0 unspecified atom stereocenters. The summed E-state index contributed by atoms with van der Waals surface area (Å²) in [7, 11) is 0. The minimum absolute atomic E-state index is 0.299. The number of ether oxygens (including phenoxy) is 1. The lowest BCUT2D eigenvalue weighted by Crippen LogP contribution is -2.03. The third kappa shape index (κ3) is 5.11. The smallest absolute Gasteiger partial charge is 0.335 e.